The summed E-state index contributed by atoms with van der Waals surface area (Å²) in [6, 6.07) is 10.2. The van der Waals surface area contributed by atoms with Crippen LogP contribution < -0.4 is 0 Å². The molecule has 1 aliphatic carbocycles. The summed E-state index contributed by atoms with van der Waals surface area (Å²) in [6.45, 7) is 0.750. The molecule has 1 aromatic carbocycles. The SMILES string of the molecule is O=C(O)c1nn(CCc2ccccc2)c2c1CCCC2. The molecule has 1 aromatic heterocycles. The van der Waals surface area contributed by atoms with Crippen LogP contribution in [0.4, 0.5) is 0 Å². The Labute approximate surface area is 118 Å². The third-order valence-electron chi connectivity index (χ3n) is 3.91. The van der Waals surface area contributed by atoms with E-state index in [1.807, 2.05) is 22.9 Å². The molecule has 0 aliphatic heterocycles. The number of rotatable bonds is 4. The van der Waals surface area contributed by atoms with Crippen LogP contribution >= 0.6 is 0 Å². The molecule has 3 rings (SSSR count). The molecule has 0 spiro atoms. The largest absolute Gasteiger partial charge is 0.476 e. The third-order valence-corrected chi connectivity index (χ3v) is 3.91. The van der Waals surface area contributed by atoms with E-state index in [0.717, 1.165) is 49.9 Å². The van der Waals surface area contributed by atoms with Crippen LogP contribution in [0.3, 0.4) is 0 Å². The van der Waals surface area contributed by atoms with E-state index in [2.05, 4.69) is 17.2 Å². The Morgan fingerprint density at radius 2 is 1.95 bits per heavy atom. The number of carboxylic acids is 1. The molecule has 1 N–H and O–H groups in total. The monoisotopic (exact) mass is 270 g/mol. The van der Waals surface area contributed by atoms with Gasteiger partial charge in [-0.1, -0.05) is 30.3 Å². The Morgan fingerprint density at radius 3 is 2.70 bits per heavy atom. The predicted octanol–water partition coefficient (Wildman–Crippen LogP) is 2.70. The Hall–Kier alpha value is -2.10. The van der Waals surface area contributed by atoms with Crippen molar-refractivity contribution in [1.29, 1.82) is 0 Å². The molecule has 1 aliphatic rings. The fourth-order valence-corrected chi connectivity index (χ4v) is 2.91. The molecule has 0 atom stereocenters. The lowest BCUT2D eigenvalue weighted by atomic mass is 9.95. The fraction of sp³-hybridized carbons (Fsp3) is 0.375. The van der Waals surface area contributed by atoms with Crippen molar-refractivity contribution in [3.63, 3.8) is 0 Å². The number of hydrogen-bond donors (Lipinski definition) is 1. The summed E-state index contributed by atoms with van der Waals surface area (Å²) in [5, 5.41) is 13.6. The zero-order valence-electron chi connectivity index (χ0n) is 11.4. The molecule has 4 nitrogen and oxygen atoms in total. The average molecular weight is 270 g/mol. The lowest BCUT2D eigenvalue weighted by Gasteiger charge is -2.14. The smallest absolute Gasteiger partial charge is 0.356 e. The van der Waals surface area contributed by atoms with Crippen molar-refractivity contribution in [2.24, 2.45) is 0 Å². The Morgan fingerprint density at radius 1 is 1.20 bits per heavy atom. The van der Waals surface area contributed by atoms with Gasteiger partial charge in [0, 0.05) is 17.8 Å². The molecule has 0 bridgehead atoms. The van der Waals surface area contributed by atoms with Crippen molar-refractivity contribution >= 4 is 5.97 Å². The number of aromatic nitrogens is 2. The van der Waals surface area contributed by atoms with Gasteiger partial charge in [-0.2, -0.15) is 5.10 Å². The van der Waals surface area contributed by atoms with Crippen LogP contribution in [0, 0.1) is 0 Å². The maximum absolute atomic E-state index is 11.3. The van der Waals surface area contributed by atoms with E-state index in [1.54, 1.807) is 0 Å². The van der Waals surface area contributed by atoms with Crippen molar-refractivity contribution < 1.29 is 9.90 Å². The summed E-state index contributed by atoms with van der Waals surface area (Å²) in [7, 11) is 0. The van der Waals surface area contributed by atoms with Gasteiger partial charge in [-0.05, 0) is 37.7 Å². The minimum atomic E-state index is -0.901. The number of carboxylic acid groups (broad SMARTS) is 1. The number of hydrogen-bond acceptors (Lipinski definition) is 2. The van der Waals surface area contributed by atoms with Gasteiger partial charge in [0.05, 0.1) is 0 Å². The van der Waals surface area contributed by atoms with E-state index < -0.39 is 5.97 Å². The van der Waals surface area contributed by atoms with Crippen LogP contribution in [-0.4, -0.2) is 20.9 Å². The lowest BCUT2D eigenvalue weighted by molar-refractivity contribution is 0.0688. The minimum Gasteiger partial charge on any atom is -0.476 e. The van der Waals surface area contributed by atoms with Crippen LogP contribution in [0.1, 0.15) is 40.2 Å². The number of fused-ring (bicyclic) bond motifs is 1. The van der Waals surface area contributed by atoms with Crippen LogP contribution in [-0.2, 0) is 25.8 Å². The quantitative estimate of drug-likeness (QED) is 0.929. The van der Waals surface area contributed by atoms with Crippen LogP contribution in [0.25, 0.3) is 0 Å². The molecule has 0 radical (unpaired) electrons. The minimum absolute atomic E-state index is 0.257. The van der Waals surface area contributed by atoms with E-state index >= 15 is 0 Å². The Bertz CT molecular complexity index is 617. The number of aromatic carboxylic acids is 1. The van der Waals surface area contributed by atoms with Gasteiger partial charge in [0.2, 0.25) is 0 Å². The van der Waals surface area contributed by atoms with Gasteiger partial charge in [-0.3, -0.25) is 4.68 Å². The first kappa shape index (κ1) is 12.9. The molecule has 4 heteroatoms. The molecule has 20 heavy (non-hydrogen) atoms. The molecule has 0 amide bonds. The van der Waals surface area contributed by atoms with Crippen molar-refractivity contribution in [2.45, 2.75) is 38.6 Å². The summed E-state index contributed by atoms with van der Waals surface area (Å²) in [5.41, 5.74) is 3.60. The summed E-state index contributed by atoms with van der Waals surface area (Å²) in [5.74, 6) is -0.901. The highest BCUT2D eigenvalue weighted by atomic mass is 16.4. The van der Waals surface area contributed by atoms with Gasteiger partial charge < -0.3 is 5.11 Å². The van der Waals surface area contributed by atoms with Crippen molar-refractivity contribution in [3.05, 3.63) is 52.8 Å². The normalized spacial score (nSPS) is 14.0. The van der Waals surface area contributed by atoms with Gasteiger partial charge in [-0.25, -0.2) is 4.79 Å². The average Bonchev–Trinajstić information content (AvgIpc) is 2.85. The zero-order valence-corrected chi connectivity index (χ0v) is 11.4. The maximum Gasteiger partial charge on any atom is 0.356 e. The molecule has 104 valence electrons. The Kier molecular flexibility index (Phi) is 3.54. The zero-order chi connectivity index (χ0) is 13.9. The molecular formula is C16H18N2O2. The topological polar surface area (TPSA) is 55.1 Å². The van der Waals surface area contributed by atoms with E-state index in [-0.39, 0.29) is 5.69 Å². The van der Waals surface area contributed by atoms with E-state index in [0.29, 0.717) is 0 Å². The first-order valence-electron chi connectivity index (χ1n) is 7.11. The number of benzene rings is 1. The van der Waals surface area contributed by atoms with Gasteiger partial charge in [0.25, 0.3) is 0 Å². The van der Waals surface area contributed by atoms with Gasteiger partial charge >= 0.3 is 5.97 Å². The molecule has 2 aromatic rings. The molecule has 0 unspecified atom stereocenters. The molecule has 1 heterocycles. The fourth-order valence-electron chi connectivity index (χ4n) is 2.91. The second kappa shape index (κ2) is 5.49. The van der Waals surface area contributed by atoms with Crippen molar-refractivity contribution in [3.8, 4) is 0 Å². The second-order valence-electron chi connectivity index (χ2n) is 5.24. The summed E-state index contributed by atoms with van der Waals surface area (Å²) in [4.78, 5) is 11.3. The highest BCUT2D eigenvalue weighted by Gasteiger charge is 2.24. The second-order valence-corrected chi connectivity index (χ2v) is 5.24. The van der Waals surface area contributed by atoms with Crippen molar-refractivity contribution in [2.75, 3.05) is 0 Å². The number of aryl methyl sites for hydroxylation is 2. The van der Waals surface area contributed by atoms with Crippen LogP contribution in [0.2, 0.25) is 0 Å². The first-order valence-corrected chi connectivity index (χ1v) is 7.11. The number of nitrogens with zero attached hydrogens (tertiary/aromatic N) is 2. The highest BCUT2D eigenvalue weighted by Crippen LogP contribution is 2.24. The Balaban J connectivity index is 1.84. The van der Waals surface area contributed by atoms with Crippen LogP contribution in [0.15, 0.2) is 30.3 Å². The van der Waals surface area contributed by atoms with E-state index in [9.17, 15) is 9.90 Å². The van der Waals surface area contributed by atoms with E-state index in [1.165, 1.54) is 5.56 Å². The molecular weight excluding hydrogens is 252 g/mol. The third kappa shape index (κ3) is 2.46. The van der Waals surface area contributed by atoms with Gasteiger partial charge in [-0.15, -0.1) is 0 Å². The van der Waals surface area contributed by atoms with E-state index in [4.69, 9.17) is 0 Å². The van der Waals surface area contributed by atoms with Gasteiger partial charge in [0.15, 0.2) is 5.69 Å². The molecule has 0 saturated heterocycles. The number of carbonyl (C=O) groups is 1. The first-order chi connectivity index (χ1) is 9.75. The summed E-state index contributed by atoms with van der Waals surface area (Å²) < 4.78 is 1.91. The lowest BCUT2D eigenvalue weighted by Crippen LogP contribution is -2.11. The summed E-state index contributed by atoms with van der Waals surface area (Å²) >= 11 is 0. The summed E-state index contributed by atoms with van der Waals surface area (Å²) in [6.07, 6.45) is 4.88. The predicted molar refractivity (Wildman–Crippen MR) is 76.0 cm³/mol. The standard InChI is InChI=1S/C16H18N2O2/c19-16(20)15-13-8-4-5-9-14(13)18(17-15)11-10-12-6-2-1-3-7-12/h1-3,6-7H,4-5,8-11H2,(H,19,20). The maximum atomic E-state index is 11.3. The van der Waals surface area contributed by atoms with Crippen molar-refractivity contribution in [1.82, 2.24) is 9.78 Å². The highest BCUT2D eigenvalue weighted by molar-refractivity contribution is 5.87. The molecule has 0 saturated carbocycles. The van der Waals surface area contributed by atoms with Gasteiger partial charge in [0.1, 0.15) is 0 Å². The van der Waals surface area contributed by atoms with Crippen LogP contribution in [0.5, 0.6) is 0 Å². The molecule has 0 fully saturated rings.